The Morgan fingerprint density at radius 3 is 2.40 bits per heavy atom. The summed E-state index contributed by atoms with van der Waals surface area (Å²) in [6.45, 7) is 15.8. The number of aromatic nitrogens is 4. The van der Waals surface area contributed by atoms with Crippen molar-refractivity contribution < 1.29 is 25.8 Å². The molecule has 5 nitrogen and oxygen atoms in total. The van der Waals surface area contributed by atoms with E-state index in [9.17, 15) is 0 Å². The second kappa shape index (κ2) is 15.0. The van der Waals surface area contributed by atoms with Gasteiger partial charge >= 0.3 is 21.1 Å². The third-order valence-electron chi connectivity index (χ3n) is 10.8. The van der Waals surface area contributed by atoms with Crippen LogP contribution < -0.4 is 4.74 Å². The molecule has 7 aromatic rings. The van der Waals surface area contributed by atoms with E-state index in [1.807, 2.05) is 12.3 Å². The number of rotatable bonds is 8. The second-order valence-corrected chi connectivity index (χ2v) is 14.9. The minimum atomic E-state index is 0. The van der Waals surface area contributed by atoms with Crippen molar-refractivity contribution in [2.45, 2.75) is 73.1 Å². The van der Waals surface area contributed by atoms with Crippen LogP contribution in [0.4, 0.5) is 0 Å². The Morgan fingerprint density at radius 2 is 1.64 bits per heavy atom. The molecule has 0 spiro atoms. The molecule has 3 heterocycles. The maximum atomic E-state index is 6.72. The van der Waals surface area contributed by atoms with Gasteiger partial charge in [0.15, 0.2) is 0 Å². The van der Waals surface area contributed by atoms with E-state index in [2.05, 4.69) is 161 Å². The number of allylic oxidation sites excluding steroid dienone is 2. The zero-order chi connectivity index (χ0) is 36.1. The first kappa shape index (κ1) is 36.6. The molecular weight excluding hydrogens is 832 g/mol. The molecule has 0 saturated carbocycles. The predicted molar refractivity (Wildman–Crippen MR) is 213 cm³/mol. The summed E-state index contributed by atoms with van der Waals surface area (Å²) in [6, 6.07) is 39.2. The maximum Gasteiger partial charge on any atom is 2.00 e. The fourth-order valence-corrected chi connectivity index (χ4v) is 8.41. The molecule has 0 aliphatic heterocycles. The Balaban J connectivity index is 0.00000435. The van der Waals surface area contributed by atoms with Crippen LogP contribution in [0.1, 0.15) is 82.2 Å². The van der Waals surface area contributed by atoms with Crippen LogP contribution in [0.2, 0.25) is 0 Å². The summed E-state index contributed by atoms with van der Waals surface area (Å²) in [5.41, 5.74) is 11.3. The van der Waals surface area contributed by atoms with Gasteiger partial charge in [0.2, 0.25) is 0 Å². The van der Waals surface area contributed by atoms with Crippen molar-refractivity contribution in [2.75, 3.05) is 0 Å². The first-order valence-corrected chi connectivity index (χ1v) is 18.7. The zero-order valence-electron chi connectivity index (χ0n) is 31.6. The topological polar surface area (TPSA) is 44.9 Å². The third-order valence-corrected chi connectivity index (χ3v) is 10.8. The van der Waals surface area contributed by atoms with Crippen LogP contribution >= 0.6 is 0 Å². The third kappa shape index (κ3) is 6.81. The first-order chi connectivity index (χ1) is 25.2. The van der Waals surface area contributed by atoms with Crippen LogP contribution in [0.15, 0.2) is 109 Å². The van der Waals surface area contributed by atoms with Crippen LogP contribution in [0.25, 0.3) is 44.6 Å². The summed E-state index contributed by atoms with van der Waals surface area (Å²) < 4.78 is 11.0. The van der Waals surface area contributed by atoms with E-state index in [4.69, 9.17) is 14.8 Å². The quantitative estimate of drug-likeness (QED) is 0.113. The maximum absolute atomic E-state index is 6.72. The molecule has 8 rings (SSSR count). The monoisotopic (exact) mass is 877 g/mol. The molecule has 0 radical (unpaired) electrons. The van der Waals surface area contributed by atoms with E-state index in [-0.39, 0.29) is 27.0 Å². The van der Waals surface area contributed by atoms with Gasteiger partial charge in [-0.2, -0.15) is 11.2 Å². The summed E-state index contributed by atoms with van der Waals surface area (Å²) in [4.78, 5) is 4.79. The summed E-state index contributed by atoms with van der Waals surface area (Å²) in [6.07, 6.45) is 6.44. The number of pyridine rings is 1. The Bertz CT molecular complexity index is 2450. The molecule has 6 heteroatoms. The summed E-state index contributed by atoms with van der Waals surface area (Å²) in [5, 5.41) is 7.54. The van der Waals surface area contributed by atoms with Crippen molar-refractivity contribution in [3.05, 3.63) is 143 Å². The van der Waals surface area contributed by atoms with Gasteiger partial charge in [-0.25, -0.2) is 4.98 Å². The Labute approximate surface area is 328 Å². The van der Waals surface area contributed by atoms with Crippen LogP contribution in [0.5, 0.6) is 11.5 Å². The van der Waals surface area contributed by atoms with E-state index in [0.717, 1.165) is 68.7 Å². The van der Waals surface area contributed by atoms with Gasteiger partial charge in [-0.1, -0.05) is 100 Å². The number of fused-ring (bicyclic) bond motifs is 3. The number of benzene rings is 4. The number of hydrogen-bond acceptors (Lipinski definition) is 3. The minimum Gasteiger partial charge on any atom is -0.509 e. The zero-order valence-corrected chi connectivity index (χ0v) is 33.8. The smallest absolute Gasteiger partial charge is 0.509 e. The number of hydrogen-bond donors (Lipinski definition) is 0. The van der Waals surface area contributed by atoms with Crippen LogP contribution in [0.3, 0.4) is 0 Å². The molecule has 0 amide bonds. The fraction of sp³-hybridized carbons (Fsp3) is 0.277. The number of ether oxygens (including phenoxy) is 1. The van der Waals surface area contributed by atoms with Gasteiger partial charge in [0.1, 0.15) is 5.82 Å². The number of aryl methyl sites for hydroxylation is 2. The van der Waals surface area contributed by atoms with E-state index in [1.54, 1.807) is 0 Å². The molecule has 0 saturated heterocycles. The molecule has 4 aromatic carbocycles. The summed E-state index contributed by atoms with van der Waals surface area (Å²) >= 11 is 0. The van der Waals surface area contributed by atoms with E-state index in [1.165, 1.54) is 16.7 Å². The molecule has 3 aromatic heterocycles. The Kier molecular flexibility index (Phi) is 10.3. The van der Waals surface area contributed by atoms with Crippen molar-refractivity contribution >= 4 is 21.8 Å². The molecule has 3 atom stereocenters. The van der Waals surface area contributed by atoms with Crippen molar-refractivity contribution in [3.8, 4) is 34.3 Å². The molecule has 53 heavy (non-hydrogen) atoms. The predicted octanol–water partition coefficient (Wildman–Crippen LogP) is 12.1. The SMILES string of the molecule is CCc1ccnc(-n2c3[c-]c(Oc4[c-]c(-n5nc(C)c(C6C(C)=C[C@H](C)C[C@@H]6C)c5-c5ccccc5)cc(C(C)C)c4)ccc3c3ccccc32)c1.[Pt+2]. The van der Waals surface area contributed by atoms with E-state index in [0.29, 0.717) is 29.3 Å². The van der Waals surface area contributed by atoms with Crippen molar-refractivity contribution in [1.82, 2.24) is 19.3 Å². The standard InChI is InChI=1S/C47H46N4O.Pt/c1-8-34-20-21-48-44(24-34)50-42-17-13-12-16-40(42)41-19-18-38(28-43(41)50)52-39-26-36(29(2)3)25-37(27-39)51-47(35-14-10-9-11-15-35)46(33(7)49-51)45-31(5)22-30(4)23-32(45)6;/h9-22,24-26,29-30,32,45H,8,23H2,1-7H3;/q-2;+2/t30-,32-,45?;/m0./s1. The largest absolute Gasteiger partial charge is 2.00 e. The van der Waals surface area contributed by atoms with Gasteiger partial charge in [0, 0.05) is 40.3 Å². The fourth-order valence-electron chi connectivity index (χ4n) is 8.41. The van der Waals surface area contributed by atoms with E-state index >= 15 is 0 Å². The van der Waals surface area contributed by atoms with Gasteiger partial charge in [-0.3, -0.25) is 4.68 Å². The van der Waals surface area contributed by atoms with Crippen molar-refractivity contribution in [2.24, 2.45) is 11.8 Å². The number of para-hydroxylation sites is 1. The second-order valence-electron chi connectivity index (χ2n) is 14.9. The molecule has 1 aliphatic rings. The average Bonchev–Trinajstić information content (AvgIpc) is 3.65. The van der Waals surface area contributed by atoms with Crippen molar-refractivity contribution in [1.29, 1.82) is 0 Å². The van der Waals surface area contributed by atoms with E-state index < -0.39 is 0 Å². The van der Waals surface area contributed by atoms with Crippen LogP contribution in [0, 0.1) is 30.9 Å². The van der Waals surface area contributed by atoms with Gasteiger partial charge in [0.25, 0.3) is 0 Å². The van der Waals surface area contributed by atoms with Gasteiger partial charge in [0.05, 0.1) is 11.4 Å². The molecule has 0 N–H and O–H groups in total. The molecule has 0 fully saturated rings. The normalized spacial score (nSPS) is 17.3. The van der Waals surface area contributed by atoms with Gasteiger partial charge in [-0.05, 0) is 79.3 Å². The van der Waals surface area contributed by atoms with Gasteiger partial charge in [-0.15, -0.1) is 41.3 Å². The molecule has 1 unspecified atom stereocenters. The van der Waals surface area contributed by atoms with Gasteiger partial charge < -0.3 is 9.30 Å². The number of nitrogens with zero attached hydrogens (tertiary/aromatic N) is 4. The Hall–Kier alpha value is -4.73. The molecule has 0 bridgehead atoms. The molecule has 270 valence electrons. The minimum absolute atomic E-state index is 0. The summed E-state index contributed by atoms with van der Waals surface area (Å²) in [5.74, 6) is 3.78. The summed E-state index contributed by atoms with van der Waals surface area (Å²) in [7, 11) is 0. The van der Waals surface area contributed by atoms with Crippen LogP contribution in [-0.4, -0.2) is 19.3 Å². The van der Waals surface area contributed by atoms with Crippen molar-refractivity contribution in [3.63, 3.8) is 0 Å². The first-order valence-electron chi connectivity index (χ1n) is 18.7. The average molecular weight is 878 g/mol. The Morgan fingerprint density at radius 1 is 0.868 bits per heavy atom. The van der Waals surface area contributed by atoms with Crippen LogP contribution in [-0.2, 0) is 27.5 Å². The molecule has 1 aliphatic carbocycles. The molecular formula is C47H46N4OPt.